The molecule has 0 aromatic rings. The molecule has 1 unspecified atom stereocenters. The molecule has 0 saturated heterocycles. The molecule has 0 aliphatic heterocycles. The average molecular weight is 216 g/mol. The van der Waals surface area contributed by atoms with Gasteiger partial charge in [0.15, 0.2) is 0 Å². The van der Waals surface area contributed by atoms with Gasteiger partial charge in [0.25, 0.3) is 0 Å². The Labute approximate surface area is 92.5 Å². The lowest BCUT2D eigenvalue weighted by Gasteiger charge is -2.35. The molecule has 4 nitrogen and oxygen atoms in total. The van der Waals surface area contributed by atoms with Gasteiger partial charge in [-0.3, -0.25) is 0 Å². The highest BCUT2D eigenvalue weighted by molar-refractivity contribution is 4.86. The van der Waals surface area contributed by atoms with Crippen molar-refractivity contribution in [1.29, 1.82) is 0 Å². The number of nitrogens with one attached hydrogen (secondary N) is 1. The van der Waals surface area contributed by atoms with Crippen molar-refractivity contribution >= 4 is 0 Å². The Balaban J connectivity index is 1.91. The Morgan fingerprint density at radius 2 is 2.13 bits per heavy atom. The lowest BCUT2D eigenvalue weighted by atomic mass is 9.89. The van der Waals surface area contributed by atoms with Gasteiger partial charge in [0.05, 0.1) is 6.10 Å². The normalized spacial score (nSPS) is 27.4. The van der Waals surface area contributed by atoms with Gasteiger partial charge in [-0.25, -0.2) is 0 Å². The summed E-state index contributed by atoms with van der Waals surface area (Å²) >= 11 is 0. The fourth-order valence-electron chi connectivity index (χ4n) is 1.83. The van der Waals surface area contributed by atoms with Crippen molar-refractivity contribution < 1.29 is 9.47 Å². The third kappa shape index (κ3) is 4.93. The first kappa shape index (κ1) is 12.9. The Morgan fingerprint density at radius 3 is 2.73 bits per heavy atom. The van der Waals surface area contributed by atoms with E-state index in [0.717, 1.165) is 38.8 Å². The van der Waals surface area contributed by atoms with Gasteiger partial charge in [0.2, 0.25) is 0 Å². The number of ether oxygens (including phenoxy) is 2. The minimum atomic E-state index is 0.252. The monoisotopic (exact) mass is 216 g/mol. The van der Waals surface area contributed by atoms with E-state index >= 15 is 0 Å². The SMILES string of the molecule is COCCCC(N)CNC1CC(OC)C1. The van der Waals surface area contributed by atoms with Crippen molar-refractivity contribution in [2.75, 3.05) is 27.4 Å². The zero-order valence-electron chi connectivity index (χ0n) is 9.87. The highest BCUT2D eigenvalue weighted by atomic mass is 16.5. The summed E-state index contributed by atoms with van der Waals surface area (Å²) in [6.07, 6.45) is 4.79. The number of methoxy groups -OCH3 is 2. The first-order valence-electron chi connectivity index (χ1n) is 5.77. The summed E-state index contributed by atoms with van der Waals surface area (Å²) in [5.41, 5.74) is 5.96. The maximum Gasteiger partial charge on any atom is 0.0601 e. The lowest BCUT2D eigenvalue weighted by molar-refractivity contribution is 0.0171. The molecule has 0 aromatic carbocycles. The van der Waals surface area contributed by atoms with E-state index < -0.39 is 0 Å². The molecule has 90 valence electrons. The van der Waals surface area contributed by atoms with Crippen molar-refractivity contribution in [3.8, 4) is 0 Å². The molecule has 0 spiro atoms. The van der Waals surface area contributed by atoms with E-state index in [1.54, 1.807) is 14.2 Å². The van der Waals surface area contributed by atoms with E-state index in [4.69, 9.17) is 15.2 Å². The summed E-state index contributed by atoms with van der Waals surface area (Å²) in [4.78, 5) is 0. The maximum absolute atomic E-state index is 5.96. The highest BCUT2D eigenvalue weighted by Crippen LogP contribution is 2.22. The van der Waals surface area contributed by atoms with Gasteiger partial charge in [-0.05, 0) is 25.7 Å². The summed E-state index contributed by atoms with van der Waals surface area (Å²) in [6, 6.07) is 0.866. The van der Waals surface area contributed by atoms with Crippen molar-refractivity contribution in [3.05, 3.63) is 0 Å². The lowest BCUT2D eigenvalue weighted by Crippen LogP contribution is -2.48. The van der Waals surface area contributed by atoms with Gasteiger partial charge in [-0.1, -0.05) is 0 Å². The minimum absolute atomic E-state index is 0.252. The first-order chi connectivity index (χ1) is 7.26. The van der Waals surface area contributed by atoms with Crippen LogP contribution in [-0.4, -0.2) is 45.6 Å². The fraction of sp³-hybridized carbons (Fsp3) is 1.00. The van der Waals surface area contributed by atoms with Crippen LogP contribution in [0.1, 0.15) is 25.7 Å². The van der Waals surface area contributed by atoms with Gasteiger partial charge in [0.1, 0.15) is 0 Å². The van der Waals surface area contributed by atoms with E-state index in [9.17, 15) is 0 Å². The Kier molecular flexibility index (Phi) is 6.17. The summed E-state index contributed by atoms with van der Waals surface area (Å²) in [5, 5.41) is 3.46. The Hall–Kier alpha value is -0.160. The standard InChI is InChI=1S/C11H24N2O2/c1-14-5-3-4-9(12)8-13-10-6-11(7-10)15-2/h9-11,13H,3-8,12H2,1-2H3. The second-order valence-corrected chi connectivity index (χ2v) is 4.33. The second kappa shape index (κ2) is 7.17. The summed E-state index contributed by atoms with van der Waals surface area (Å²) in [5.74, 6) is 0. The number of rotatable bonds is 8. The molecule has 15 heavy (non-hydrogen) atoms. The molecule has 4 heteroatoms. The van der Waals surface area contributed by atoms with E-state index in [1.807, 2.05) is 0 Å². The van der Waals surface area contributed by atoms with E-state index in [0.29, 0.717) is 12.1 Å². The predicted molar refractivity (Wildman–Crippen MR) is 60.9 cm³/mol. The summed E-state index contributed by atoms with van der Waals surface area (Å²) in [6.45, 7) is 1.72. The first-order valence-corrected chi connectivity index (χ1v) is 5.77. The van der Waals surface area contributed by atoms with Crippen LogP contribution >= 0.6 is 0 Å². The molecule has 1 aliphatic rings. The van der Waals surface area contributed by atoms with Crippen LogP contribution in [0.2, 0.25) is 0 Å². The third-order valence-corrected chi connectivity index (χ3v) is 3.02. The maximum atomic E-state index is 5.96. The highest BCUT2D eigenvalue weighted by Gasteiger charge is 2.28. The largest absolute Gasteiger partial charge is 0.385 e. The molecule has 1 saturated carbocycles. The molecule has 0 aromatic heterocycles. The van der Waals surface area contributed by atoms with E-state index in [2.05, 4.69) is 5.32 Å². The topological polar surface area (TPSA) is 56.5 Å². The molecule has 1 atom stereocenters. The molecule has 1 rings (SSSR count). The number of hydrogen-bond donors (Lipinski definition) is 2. The van der Waals surface area contributed by atoms with Crippen molar-refractivity contribution in [1.82, 2.24) is 5.32 Å². The van der Waals surface area contributed by atoms with Crippen molar-refractivity contribution in [3.63, 3.8) is 0 Å². The molecule has 0 bridgehead atoms. The predicted octanol–water partition coefficient (Wildman–Crippen LogP) is 0.507. The number of nitrogens with two attached hydrogens (primary N) is 1. The molecular weight excluding hydrogens is 192 g/mol. The van der Waals surface area contributed by atoms with Crippen LogP contribution in [0.25, 0.3) is 0 Å². The molecule has 0 heterocycles. The minimum Gasteiger partial charge on any atom is -0.385 e. The van der Waals surface area contributed by atoms with Crippen LogP contribution in [0.3, 0.4) is 0 Å². The summed E-state index contributed by atoms with van der Waals surface area (Å²) in [7, 11) is 3.50. The zero-order valence-corrected chi connectivity index (χ0v) is 9.87. The van der Waals surface area contributed by atoms with E-state index in [-0.39, 0.29) is 6.04 Å². The van der Waals surface area contributed by atoms with Crippen molar-refractivity contribution in [2.24, 2.45) is 5.73 Å². The van der Waals surface area contributed by atoms with Gasteiger partial charge in [0, 0.05) is 39.5 Å². The van der Waals surface area contributed by atoms with Gasteiger partial charge < -0.3 is 20.5 Å². The number of hydrogen-bond acceptors (Lipinski definition) is 4. The van der Waals surface area contributed by atoms with Gasteiger partial charge in [-0.2, -0.15) is 0 Å². The molecule has 0 radical (unpaired) electrons. The Morgan fingerprint density at radius 1 is 1.40 bits per heavy atom. The van der Waals surface area contributed by atoms with Gasteiger partial charge >= 0.3 is 0 Å². The van der Waals surface area contributed by atoms with Gasteiger partial charge in [-0.15, -0.1) is 0 Å². The van der Waals surface area contributed by atoms with Crippen LogP contribution in [0.4, 0.5) is 0 Å². The van der Waals surface area contributed by atoms with Crippen LogP contribution in [0.5, 0.6) is 0 Å². The van der Waals surface area contributed by atoms with Crippen LogP contribution < -0.4 is 11.1 Å². The second-order valence-electron chi connectivity index (χ2n) is 4.33. The zero-order chi connectivity index (χ0) is 11.1. The quantitative estimate of drug-likeness (QED) is 0.580. The molecule has 3 N–H and O–H groups in total. The third-order valence-electron chi connectivity index (χ3n) is 3.02. The van der Waals surface area contributed by atoms with Crippen LogP contribution in [0.15, 0.2) is 0 Å². The summed E-state index contributed by atoms with van der Waals surface area (Å²) < 4.78 is 10.2. The molecule has 1 aliphatic carbocycles. The molecular formula is C11H24N2O2. The Bertz CT molecular complexity index is 161. The molecule has 0 amide bonds. The van der Waals surface area contributed by atoms with E-state index in [1.165, 1.54) is 0 Å². The fourth-order valence-corrected chi connectivity index (χ4v) is 1.83. The van der Waals surface area contributed by atoms with Crippen LogP contribution in [0, 0.1) is 0 Å². The molecule has 1 fully saturated rings. The van der Waals surface area contributed by atoms with Crippen molar-refractivity contribution in [2.45, 2.75) is 43.9 Å². The van der Waals surface area contributed by atoms with Crippen LogP contribution in [-0.2, 0) is 9.47 Å². The average Bonchev–Trinajstić information content (AvgIpc) is 2.16. The smallest absolute Gasteiger partial charge is 0.0601 e.